The quantitative estimate of drug-likeness (QED) is 0.350. The third-order valence-corrected chi connectivity index (χ3v) is 5.22. The van der Waals surface area contributed by atoms with Crippen LogP contribution in [-0.2, 0) is 6.61 Å². The summed E-state index contributed by atoms with van der Waals surface area (Å²) in [6, 6.07) is 26.1. The number of carbonyl (C=O) groups is 1. The zero-order valence-corrected chi connectivity index (χ0v) is 17.3. The van der Waals surface area contributed by atoms with Crippen molar-refractivity contribution in [2.45, 2.75) is 6.61 Å². The lowest BCUT2D eigenvalue weighted by atomic mass is 10.1. The van der Waals surface area contributed by atoms with Crippen LogP contribution in [0.5, 0.6) is 5.75 Å². The number of hydrogen-bond acceptors (Lipinski definition) is 3. The maximum Gasteiger partial charge on any atom is 0.291 e. The van der Waals surface area contributed by atoms with Gasteiger partial charge in [-0.2, -0.15) is 0 Å². The largest absolute Gasteiger partial charge is 0.484 e. The second-order valence-electron chi connectivity index (χ2n) is 6.50. The van der Waals surface area contributed by atoms with Gasteiger partial charge in [0, 0.05) is 5.69 Å². The van der Waals surface area contributed by atoms with Gasteiger partial charge in [0.2, 0.25) is 0 Å². The molecule has 3 aromatic carbocycles. The SMILES string of the molecule is O=C(Nc1ccc(-c2ccccc2)cc1)c1ccc(COc2cccc(Cl)c2Cl)o1. The van der Waals surface area contributed by atoms with Crippen LogP contribution in [0.15, 0.2) is 89.3 Å². The van der Waals surface area contributed by atoms with E-state index in [-0.39, 0.29) is 18.3 Å². The molecule has 1 aromatic heterocycles. The predicted molar refractivity (Wildman–Crippen MR) is 119 cm³/mol. The van der Waals surface area contributed by atoms with Gasteiger partial charge in [0.25, 0.3) is 5.91 Å². The van der Waals surface area contributed by atoms with Gasteiger partial charge < -0.3 is 14.5 Å². The van der Waals surface area contributed by atoms with Crippen LogP contribution >= 0.6 is 23.2 Å². The maximum absolute atomic E-state index is 12.5. The molecule has 0 atom stereocenters. The molecule has 4 rings (SSSR count). The van der Waals surface area contributed by atoms with Crippen LogP contribution < -0.4 is 10.1 Å². The van der Waals surface area contributed by atoms with Crippen LogP contribution in [0.4, 0.5) is 5.69 Å². The summed E-state index contributed by atoms with van der Waals surface area (Å²) in [4.78, 5) is 12.5. The Balaban J connectivity index is 1.37. The number of furan rings is 1. The number of carbonyl (C=O) groups excluding carboxylic acids is 1. The molecule has 4 nitrogen and oxygen atoms in total. The van der Waals surface area contributed by atoms with Gasteiger partial charge in [-0.1, -0.05) is 71.7 Å². The highest BCUT2D eigenvalue weighted by Crippen LogP contribution is 2.32. The van der Waals surface area contributed by atoms with Crippen molar-refractivity contribution in [1.29, 1.82) is 0 Å². The van der Waals surface area contributed by atoms with Crippen LogP contribution in [0.3, 0.4) is 0 Å². The third-order valence-electron chi connectivity index (χ3n) is 4.42. The van der Waals surface area contributed by atoms with E-state index in [4.69, 9.17) is 32.4 Å². The van der Waals surface area contributed by atoms with E-state index in [1.54, 1.807) is 30.3 Å². The maximum atomic E-state index is 12.5. The summed E-state index contributed by atoms with van der Waals surface area (Å²) >= 11 is 12.1. The third kappa shape index (κ3) is 4.67. The average molecular weight is 438 g/mol. The summed E-state index contributed by atoms with van der Waals surface area (Å²) in [7, 11) is 0. The summed E-state index contributed by atoms with van der Waals surface area (Å²) < 4.78 is 11.2. The Hall–Kier alpha value is -3.21. The molecule has 0 bridgehead atoms. The molecule has 0 unspecified atom stereocenters. The van der Waals surface area contributed by atoms with E-state index in [2.05, 4.69) is 5.32 Å². The highest BCUT2D eigenvalue weighted by atomic mass is 35.5. The molecule has 30 heavy (non-hydrogen) atoms. The Morgan fingerprint density at radius 1 is 0.833 bits per heavy atom. The minimum Gasteiger partial charge on any atom is -0.484 e. The molecule has 0 aliphatic carbocycles. The monoisotopic (exact) mass is 437 g/mol. The van der Waals surface area contributed by atoms with E-state index in [0.29, 0.717) is 27.2 Å². The first-order valence-electron chi connectivity index (χ1n) is 9.22. The molecular weight excluding hydrogens is 421 g/mol. The van der Waals surface area contributed by atoms with Gasteiger partial charge in [0.1, 0.15) is 23.1 Å². The zero-order chi connectivity index (χ0) is 20.9. The summed E-state index contributed by atoms with van der Waals surface area (Å²) in [5.74, 6) is 0.799. The zero-order valence-electron chi connectivity index (χ0n) is 15.8. The smallest absolute Gasteiger partial charge is 0.291 e. The van der Waals surface area contributed by atoms with Crippen LogP contribution in [0.25, 0.3) is 11.1 Å². The Morgan fingerprint density at radius 3 is 2.33 bits per heavy atom. The molecule has 4 aromatic rings. The molecular formula is C24H17Cl2NO3. The minimum absolute atomic E-state index is 0.124. The van der Waals surface area contributed by atoms with Crippen LogP contribution in [0, 0.1) is 0 Å². The summed E-state index contributed by atoms with van der Waals surface area (Å²) in [6.45, 7) is 0.124. The van der Waals surface area contributed by atoms with Crippen molar-refractivity contribution in [2.75, 3.05) is 5.32 Å². The molecule has 1 heterocycles. The van der Waals surface area contributed by atoms with Crippen LogP contribution in [0.1, 0.15) is 16.3 Å². The molecule has 1 amide bonds. The van der Waals surface area contributed by atoms with Crippen molar-refractivity contribution < 1.29 is 13.9 Å². The fourth-order valence-electron chi connectivity index (χ4n) is 2.89. The van der Waals surface area contributed by atoms with E-state index in [1.807, 2.05) is 54.6 Å². The normalized spacial score (nSPS) is 10.6. The fourth-order valence-corrected chi connectivity index (χ4v) is 3.24. The second-order valence-corrected chi connectivity index (χ2v) is 7.29. The number of nitrogens with one attached hydrogen (secondary N) is 1. The minimum atomic E-state index is -0.338. The van der Waals surface area contributed by atoms with Crippen molar-refractivity contribution >= 4 is 34.8 Å². The highest BCUT2D eigenvalue weighted by Gasteiger charge is 2.13. The first-order valence-corrected chi connectivity index (χ1v) is 9.98. The van der Waals surface area contributed by atoms with Gasteiger partial charge in [-0.15, -0.1) is 0 Å². The Morgan fingerprint density at radius 2 is 1.57 bits per heavy atom. The van der Waals surface area contributed by atoms with E-state index in [0.717, 1.165) is 11.1 Å². The van der Waals surface area contributed by atoms with Crippen LogP contribution in [0.2, 0.25) is 10.0 Å². The Labute approximate surface area is 184 Å². The number of amides is 1. The summed E-state index contributed by atoms with van der Waals surface area (Å²) in [5, 5.41) is 3.57. The predicted octanol–water partition coefficient (Wildman–Crippen LogP) is 7.08. The van der Waals surface area contributed by atoms with Gasteiger partial charge in [0.15, 0.2) is 5.76 Å². The Bertz CT molecular complexity index is 1150. The number of benzene rings is 3. The van der Waals surface area contributed by atoms with Crippen molar-refractivity contribution in [3.8, 4) is 16.9 Å². The van der Waals surface area contributed by atoms with Gasteiger partial charge in [-0.05, 0) is 47.5 Å². The molecule has 0 aliphatic heterocycles. The number of halogens is 2. The molecule has 1 N–H and O–H groups in total. The van der Waals surface area contributed by atoms with Crippen molar-refractivity contribution in [2.24, 2.45) is 0 Å². The van der Waals surface area contributed by atoms with Crippen molar-refractivity contribution in [1.82, 2.24) is 0 Å². The second kappa shape index (κ2) is 9.08. The lowest BCUT2D eigenvalue weighted by Crippen LogP contribution is -2.10. The van der Waals surface area contributed by atoms with Gasteiger partial charge in [-0.25, -0.2) is 0 Å². The first kappa shape index (κ1) is 20.1. The molecule has 6 heteroatoms. The lowest BCUT2D eigenvalue weighted by Gasteiger charge is -2.07. The molecule has 0 radical (unpaired) electrons. The standard InChI is InChI=1S/C24H17Cl2NO3/c25-20-7-4-8-21(23(20)26)29-15-19-13-14-22(30-19)24(28)27-18-11-9-17(10-12-18)16-5-2-1-3-6-16/h1-14H,15H2,(H,27,28). The molecule has 0 saturated carbocycles. The average Bonchev–Trinajstić information content (AvgIpc) is 3.25. The highest BCUT2D eigenvalue weighted by molar-refractivity contribution is 6.42. The van der Waals surface area contributed by atoms with Gasteiger partial charge in [0.05, 0.1) is 5.02 Å². The van der Waals surface area contributed by atoms with Crippen molar-refractivity contribution in [3.63, 3.8) is 0 Å². The fraction of sp³-hybridized carbons (Fsp3) is 0.0417. The van der Waals surface area contributed by atoms with Gasteiger partial charge >= 0.3 is 0 Å². The number of rotatable bonds is 6. The topological polar surface area (TPSA) is 51.5 Å². The molecule has 150 valence electrons. The van der Waals surface area contributed by atoms with Crippen LogP contribution in [-0.4, -0.2) is 5.91 Å². The molecule has 0 spiro atoms. The number of ether oxygens (including phenoxy) is 1. The van der Waals surface area contributed by atoms with E-state index < -0.39 is 0 Å². The lowest BCUT2D eigenvalue weighted by molar-refractivity contribution is 0.0992. The van der Waals surface area contributed by atoms with E-state index in [1.165, 1.54) is 0 Å². The number of hydrogen-bond donors (Lipinski definition) is 1. The summed E-state index contributed by atoms with van der Waals surface area (Å²) in [6.07, 6.45) is 0. The van der Waals surface area contributed by atoms with Crippen molar-refractivity contribution in [3.05, 3.63) is 106 Å². The molecule has 0 saturated heterocycles. The Kier molecular flexibility index (Phi) is 6.07. The number of anilines is 1. The van der Waals surface area contributed by atoms with Gasteiger partial charge in [-0.3, -0.25) is 4.79 Å². The van der Waals surface area contributed by atoms with E-state index in [9.17, 15) is 4.79 Å². The summed E-state index contributed by atoms with van der Waals surface area (Å²) in [5.41, 5.74) is 2.87. The first-order chi connectivity index (χ1) is 14.6. The molecule has 0 aliphatic rings. The van der Waals surface area contributed by atoms with E-state index >= 15 is 0 Å². The molecule has 0 fully saturated rings.